The maximum atomic E-state index is 11.6. The molecule has 0 fully saturated rings. The highest BCUT2D eigenvalue weighted by Crippen LogP contribution is 2.21. The number of anilines is 1. The normalized spacial score (nSPS) is 11.1. The molecule has 4 heterocycles. The predicted molar refractivity (Wildman–Crippen MR) is 84.2 cm³/mol. The molecule has 0 spiro atoms. The lowest BCUT2D eigenvalue weighted by molar-refractivity contribution is 0.885. The van der Waals surface area contributed by atoms with E-state index in [4.69, 9.17) is 0 Å². The van der Waals surface area contributed by atoms with Gasteiger partial charge in [-0.15, -0.1) is 16.4 Å². The van der Waals surface area contributed by atoms with E-state index >= 15 is 0 Å². The van der Waals surface area contributed by atoms with Crippen molar-refractivity contribution in [1.29, 1.82) is 0 Å². The van der Waals surface area contributed by atoms with Crippen molar-refractivity contribution in [2.24, 2.45) is 0 Å². The number of thiophene rings is 1. The molecule has 8 nitrogen and oxygen atoms in total. The van der Waals surface area contributed by atoms with Crippen molar-refractivity contribution in [1.82, 2.24) is 29.8 Å². The van der Waals surface area contributed by atoms with Gasteiger partial charge in [-0.3, -0.25) is 9.89 Å². The van der Waals surface area contributed by atoms with Gasteiger partial charge in [0.2, 0.25) is 10.1 Å². The number of nitrogens with one attached hydrogen (secondary N) is 2. The molecule has 10 heteroatoms. The lowest BCUT2D eigenvalue weighted by atomic mass is 10.4. The molecule has 4 aromatic heterocycles. The number of aromatic amines is 1. The number of fused-ring (bicyclic) bond motifs is 1. The zero-order valence-electron chi connectivity index (χ0n) is 11.1. The molecule has 110 valence electrons. The molecule has 0 radical (unpaired) electrons. The first kappa shape index (κ1) is 13.1. The Bertz CT molecular complexity index is 969. The third kappa shape index (κ3) is 2.38. The summed E-state index contributed by atoms with van der Waals surface area (Å²) in [5, 5.41) is 16.9. The van der Waals surface area contributed by atoms with Gasteiger partial charge in [0.05, 0.1) is 11.4 Å². The van der Waals surface area contributed by atoms with Gasteiger partial charge < -0.3 is 5.32 Å². The molecule has 0 aliphatic heterocycles. The molecule has 0 aliphatic rings. The van der Waals surface area contributed by atoms with Crippen LogP contribution in [0, 0.1) is 0 Å². The summed E-state index contributed by atoms with van der Waals surface area (Å²) in [5.74, 6) is 1.37. The van der Waals surface area contributed by atoms with Crippen LogP contribution in [-0.2, 0) is 6.54 Å². The number of aromatic nitrogens is 6. The smallest absolute Gasteiger partial charge is 0.275 e. The molecule has 22 heavy (non-hydrogen) atoms. The van der Waals surface area contributed by atoms with Crippen molar-refractivity contribution in [2.75, 3.05) is 5.32 Å². The van der Waals surface area contributed by atoms with Crippen molar-refractivity contribution in [3.8, 4) is 10.7 Å². The van der Waals surface area contributed by atoms with E-state index in [9.17, 15) is 4.79 Å². The minimum Gasteiger partial charge on any atom is -0.353 e. The fourth-order valence-corrected chi connectivity index (χ4v) is 3.29. The molecular formula is C12H9N7OS2. The Morgan fingerprint density at radius 3 is 3.14 bits per heavy atom. The lowest BCUT2D eigenvalue weighted by Crippen LogP contribution is -2.12. The Morgan fingerprint density at radius 2 is 2.32 bits per heavy atom. The van der Waals surface area contributed by atoms with Gasteiger partial charge in [0, 0.05) is 12.3 Å². The molecule has 0 aliphatic carbocycles. The van der Waals surface area contributed by atoms with Gasteiger partial charge in [-0.25, -0.2) is 9.97 Å². The molecule has 4 aromatic rings. The monoisotopic (exact) mass is 331 g/mol. The van der Waals surface area contributed by atoms with E-state index in [1.54, 1.807) is 11.3 Å². The molecule has 0 aromatic carbocycles. The summed E-state index contributed by atoms with van der Waals surface area (Å²) in [7, 11) is 0. The van der Waals surface area contributed by atoms with E-state index in [1.807, 2.05) is 17.5 Å². The molecule has 2 N–H and O–H groups in total. The van der Waals surface area contributed by atoms with Crippen LogP contribution in [-0.4, -0.2) is 29.8 Å². The van der Waals surface area contributed by atoms with E-state index in [-0.39, 0.29) is 5.56 Å². The second-order valence-electron chi connectivity index (χ2n) is 4.32. The zero-order valence-corrected chi connectivity index (χ0v) is 12.7. The molecule has 4 rings (SSSR count). The van der Waals surface area contributed by atoms with Crippen molar-refractivity contribution in [3.05, 3.63) is 46.0 Å². The second kappa shape index (κ2) is 5.31. The standard InChI is InChI=1S/C12H9N7OS2/c20-9-3-4-13-12-19(9)18-11(22-12)14-6-8-15-10(17-16-8)7-2-1-5-21-7/h1-5H,6H2,(H,14,18)(H,15,16,17). The van der Waals surface area contributed by atoms with Gasteiger partial charge in [-0.05, 0) is 11.4 Å². The van der Waals surface area contributed by atoms with Crippen LogP contribution in [0.15, 0.2) is 34.6 Å². The fraction of sp³-hybridized carbons (Fsp3) is 0.0833. The van der Waals surface area contributed by atoms with Crippen LogP contribution in [0.3, 0.4) is 0 Å². The maximum absolute atomic E-state index is 11.6. The van der Waals surface area contributed by atoms with Crippen molar-refractivity contribution in [2.45, 2.75) is 6.54 Å². The Balaban J connectivity index is 1.52. The van der Waals surface area contributed by atoms with E-state index < -0.39 is 0 Å². The first-order valence-corrected chi connectivity index (χ1v) is 8.03. The van der Waals surface area contributed by atoms with Crippen molar-refractivity contribution >= 4 is 32.8 Å². The van der Waals surface area contributed by atoms with Gasteiger partial charge >= 0.3 is 0 Å². The highest BCUT2D eigenvalue weighted by atomic mass is 32.1. The average molecular weight is 331 g/mol. The summed E-state index contributed by atoms with van der Waals surface area (Å²) >= 11 is 2.89. The number of H-pyrrole nitrogens is 1. The quantitative estimate of drug-likeness (QED) is 0.589. The van der Waals surface area contributed by atoms with Gasteiger partial charge in [0.1, 0.15) is 5.82 Å². The van der Waals surface area contributed by atoms with Crippen LogP contribution < -0.4 is 10.9 Å². The Hall–Kier alpha value is -2.59. The Kier molecular flexibility index (Phi) is 3.16. The van der Waals surface area contributed by atoms with Crippen LogP contribution in [0.5, 0.6) is 0 Å². The molecule has 0 atom stereocenters. The summed E-state index contributed by atoms with van der Waals surface area (Å²) in [5.41, 5.74) is -0.200. The summed E-state index contributed by atoms with van der Waals surface area (Å²) in [6, 6.07) is 5.30. The highest BCUT2D eigenvalue weighted by Gasteiger charge is 2.09. The number of nitrogens with zero attached hydrogens (tertiary/aromatic N) is 5. The molecule has 0 unspecified atom stereocenters. The fourth-order valence-electron chi connectivity index (χ4n) is 1.86. The first-order chi connectivity index (χ1) is 10.8. The molecule has 0 bridgehead atoms. The number of rotatable bonds is 4. The number of hydrogen-bond donors (Lipinski definition) is 2. The first-order valence-electron chi connectivity index (χ1n) is 6.33. The van der Waals surface area contributed by atoms with Gasteiger partial charge in [-0.2, -0.15) is 9.61 Å². The topological polar surface area (TPSA) is 101 Å². The van der Waals surface area contributed by atoms with E-state index in [1.165, 1.54) is 28.1 Å². The van der Waals surface area contributed by atoms with E-state index in [2.05, 4.69) is 30.6 Å². The largest absolute Gasteiger partial charge is 0.353 e. The highest BCUT2D eigenvalue weighted by molar-refractivity contribution is 7.20. The van der Waals surface area contributed by atoms with Gasteiger partial charge in [0.25, 0.3) is 5.56 Å². The van der Waals surface area contributed by atoms with E-state index in [0.717, 1.165) is 4.88 Å². The summed E-state index contributed by atoms with van der Waals surface area (Å²) in [6.07, 6.45) is 1.48. The van der Waals surface area contributed by atoms with Crippen LogP contribution in [0.1, 0.15) is 5.82 Å². The van der Waals surface area contributed by atoms with Crippen LogP contribution >= 0.6 is 22.7 Å². The average Bonchev–Trinajstić information content (AvgIpc) is 3.25. The third-order valence-corrected chi connectivity index (χ3v) is 4.60. The molecule has 0 amide bonds. The summed E-state index contributed by atoms with van der Waals surface area (Å²) in [4.78, 5) is 21.7. The molecular weight excluding hydrogens is 322 g/mol. The zero-order chi connectivity index (χ0) is 14.9. The SMILES string of the molecule is O=c1ccnc2sc(NCc3nc(-c4cccs4)n[nH]3)nn12. The van der Waals surface area contributed by atoms with Crippen LogP contribution in [0.4, 0.5) is 5.13 Å². The predicted octanol–water partition coefficient (Wildman–Crippen LogP) is 1.61. The van der Waals surface area contributed by atoms with Crippen LogP contribution in [0.2, 0.25) is 0 Å². The molecule has 0 saturated heterocycles. The maximum Gasteiger partial charge on any atom is 0.275 e. The minimum absolute atomic E-state index is 0.200. The third-order valence-electron chi connectivity index (χ3n) is 2.85. The Morgan fingerprint density at radius 1 is 1.36 bits per heavy atom. The van der Waals surface area contributed by atoms with Crippen molar-refractivity contribution < 1.29 is 0 Å². The van der Waals surface area contributed by atoms with Gasteiger partial charge in [-0.1, -0.05) is 17.4 Å². The van der Waals surface area contributed by atoms with Gasteiger partial charge in [0.15, 0.2) is 5.82 Å². The Labute approximate surface area is 131 Å². The van der Waals surface area contributed by atoms with Crippen LogP contribution in [0.25, 0.3) is 15.7 Å². The summed E-state index contributed by atoms with van der Waals surface area (Å²) < 4.78 is 1.27. The van der Waals surface area contributed by atoms with E-state index in [0.29, 0.717) is 28.3 Å². The van der Waals surface area contributed by atoms with Crippen molar-refractivity contribution in [3.63, 3.8) is 0 Å². The number of hydrogen-bond acceptors (Lipinski definition) is 8. The minimum atomic E-state index is -0.200. The summed E-state index contributed by atoms with van der Waals surface area (Å²) in [6.45, 7) is 0.437. The second-order valence-corrected chi connectivity index (χ2v) is 6.22. The molecule has 0 saturated carbocycles. The lowest BCUT2D eigenvalue weighted by Gasteiger charge is -1.96.